The first kappa shape index (κ1) is 20.2. The number of ether oxygens (including phenoxy) is 1. The van der Waals surface area contributed by atoms with Gasteiger partial charge in [-0.3, -0.25) is 9.59 Å². The third kappa shape index (κ3) is 4.09. The van der Waals surface area contributed by atoms with Gasteiger partial charge in [0.1, 0.15) is 17.1 Å². The van der Waals surface area contributed by atoms with Crippen molar-refractivity contribution < 1.29 is 14.3 Å². The molecule has 1 aliphatic rings. The predicted octanol–water partition coefficient (Wildman–Crippen LogP) is 3.62. The molecule has 1 saturated carbocycles. The first-order chi connectivity index (χ1) is 14.5. The van der Waals surface area contributed by atoms with Crippen LogP contribution in [0.25, 0.3) is 5.69 Å². The SMILES string of the molecule is Cc1ccc(C(=O)NC2CC2)cc1-n1ncc(C(=O)c2cccc(OCBr)c2)c1N. The summed E-state index contributed by atoms with van der Waals surface area (Å²) in [6.45, 7) is 1.90. The molecule has 0 spiro atoms. The Bertz CT molecular complexity index is 1120. The summed E-state index contributed by atoms with van der Waals surface area (Å²) in [7, 11) is 0. The highest BCUT2D eigenvalue weighted by Gasteiger charge is 2.24. The number of anilines is 1. The van der Waals surface area contributed by atoms with Gasteiger partial charge in [0.05, 0.1) is 17.4 Å². The predicted molar refractivity (Wildman–Crippen MR) is 117 cm³/mol. The molecule has 0 bridgehead atoms. The van der Waals surface area contributed by atoms with E-state index in [1.807, 2.05) is 13.0 Å². The Kier molecular flexibility index (Phi) is 5.59. The monoisotopic (exact) mass is 468 g/mol. The number of nitrogens with zero attached hydrogens (tertiary/aromatic N) is 2. The minimum Gasteiger partial charge on any atom is -0.482 e. The van der Waals surface area contributed by atoms with Crippen LogP contribution >= 0.6 is 15.9 Å². The lowest BCUT2D eigenvalue weighted by Crippen LogP contribution is -2.25. The van der Waals surface area contributed by atoms with Gasteiger partial charge < -0.3 is 15.8 Å². The molecule has 1 aliphatic carbocycles. The van der Waals surface area contributed by atoms with Crippen LogP contribution in [0.15, 0.2) is 48.7 Å². The third-order valence-electron chi connectivity index (χ3n) is 4.98. The molecule has 0 atom stereocenters. The van der Waals surface area contributed by atoms with Crippen LogP contribution in [0.1, 0.15) is 44.7 Å². The van der Waals surface area contributed by atoms with Gasteiger partial charge in [-0.1, -0.05) is 18.2 Å². The number of halogens is 1. The molecular weight excluding hydrogens is 448 g/mol. The number of benzene rings is 2. The number of nitrogens with one attached hydrogen (secondary N) is 1. The summed E-state index contributed by atoms with van der Waals surface area (Å²) in [6.07, 6.45) is 3.49. The van der Waals surface area contributed by atoms with Crippen LogP contribution < -0.4 is 15.8 Å². The molecule has 1 heterocycles. The van der Waals surface area contributed by atoms with E-state index in [1.54, 1.807) is 36.4 Å². The number of carbonyl (C=O) groups excluding carboxylic acids is 2. The molecule has 0 unspecified atom stereocenters. The van der Waals surface area contributed by atoms with Crippen molar-refractivity contribution in [3.05, 3.63) is 70.9 Å². The highest BCUT2D eigenvalue weighted by Crippen LogP contribution is 2.25. The minimum absolute atomic E-state index is 0.121. The average molecular weight is 469 g/mol. The highest BCUT2D eigenvalue weighted by molar-refractivity contribution is 9.09. The first-order valence-electron chi connectivity index (χ1n) is 9.57. The fourth-order valence-electron chi connectivity index (χ4n) is 3.15. The molecule has 4 rings (SSSR count). The lowest BCUT2D eigenvalue weighted by atomic mass is 10.1. The molecule has 1 fully saturated rings. The maximum atomic E-state index is 13.0. The highest BCUT2D eigenvalue weighted by atomic mass is 79.9. The molecule has 0 aliphatic heterocycles. The summed E-state index contributed by atoms with van der Waals surface area (Å²) >= 11 is 3.20. The summed E-state index contributed by atoms with van der Waals surface area (Å²) in [5.74, 6) is 0.423. The Morgan fingerprint density at radius 2 is 2.03 bits per heavy atom. The van der Waals surface area contributed by atoms with E-state index in [9.17, 15) is 9.59 Å². The molecule has 0 saturated heterocycles. The number of ketones is 1. The van der Waals surface area contributed by atoms with Gasteiger partial charge >= 0.3 is 0 Å². The van der Waals surface area contributed by atoms with Gasteiger partial charge in [-0.05, 0) is 65.5 Å². The van der Waals surface area contributed by atoms with Crippen molar-refractivity contribution in [1.29, 1.82) is 0 Å². The second-order valence-electron chi connectivity index (χ2n) is 7.21. The van der Waals surface area contributed by atoms with Crippen LogP contribution in [-0.4, -0.2) is 33.0 Å². The van der Waals surface area contributed by atoms with Crippen molar-refractivity contribution in [2.24, 2.45) is 0 Å². The van der Waals surface area contributed by atoms with Gasteiger partial charge in [-0.15, -0.1) is 0 Å². The Balaban J connectivity index is 1.65. The zero-order valence-electron chi connectivity index (χ0n) is 16.4. The van der Waals surface area contributed by atoms with E-state index in [0.29, 0.717) is 33.6 Å². The zero-order valence-corrected chi connectivity index (χ0v) is 18.0. The lowest BCUT2D eigenvalue weighted by Gasteiger charge is -2.11. The number of nitrogens with two attached hydrogens (primary N) is 1. The molecule has 30 heavy (non-hydrogen) atoms. The molecule has 3 aromatic rings. The third-order valence-corrected chi connectivity index (χ3v) is 5.21. The molecule has 1 aromatic heterocycles. The van der Waals surface area contributed by atoms with Crippen molar-refractivity contribution in [2.45, 2.75) is 25.8 Å². The molecule has 1 amide bonds. The van der Waals surface area contributed by atoms with Crippen molar-refractivity contribution in [2.75, 3.05) is 11.2 Å². The standard InChI is InChI=1S/C22H21BrN4O3/c1-13-5-6-15(22(29)26-16-7-8-16)10-19(13)27-21(24)18(11-25-27)20(28)14-3-2-4-17(9-14)30-12-23/h2-6,9-11,16H,7-8,12,24H2,1H3,(H,26,29). The molecule has 7 nitrogen and oxygen atoms in total. The molecule has 8 heteroatoms. The number of aryl methyl sites for hydroxylation is 1. The van der Waals surface area contributed by atoms with Gasteiger partial charge in [-0.2, -0.15) is 5.10 Å². The summed E-state index contributed by atoms with van der Waals surface area (Å²) in [5, 5.41) is 7.30. The minimum atomic E-state index is -0.251. The summed E-state index contributed by atoms with van der Waals surface area (Å²) in [6, 6.07) is 12.5. The molecular formula is C22H21BrN4O3. The van der Waals surface area contributed by atoms with E-state index >= 15 is 0 Å². The van der Waals surface area contributed by atoms with E-state index in [0.717, 1.165) is 18.4 Å². The first-order valence-corrected chi connectivity index (χ1v) is 10.7. The van der Waals surface area contributed by atoms with E-state index in [1.165, 1.54) is 10.9 Å². The number of nitrogen functional groups attached to an aromatic ring is 1. The number of hydrogen-bond acceptors (Lipinski definition) is 5. The van der Waals surface area contributed by atoms with Gasteiger partial charge in [0.2, 0.25) is 0 Å². The smallest absolute Gasteiger partial charge is 0.251 e. The Hall–Kier alpha value is -3.13. The van der Waals surface area contributed by atoms with Gasteiger partial charge in [0.25, 0.3) is 5.91 Å². The maximum Gasteiger partial charge on any atom is 0.251 e. The number of carbonyl (C=O) groups is 2. The number of alkyl halides is 1. The van der Waals surface area contributed by atoms with E-state index in [4.69, 9.17) is 10.5 Å². The summed E-state index contributed by atoms with van der Waals surface area (Å²) in [5.41, 5.74) is 9.45. The fraction of sp³-hybridized carbons (Fsp3) is 0.227. The molecule has 154 valence electrons. The van der Waals surface area contributed by atoms with Crippen molar-refractivity contribution in [1.82, 2.24) is 15.1 Å². The second kappa shape index (κ2) is 8.31. The summed E-state index contributed by atoms with van der Waals surface area (Å²) in [4.78, 5) is 25.4. The van der Waals surface area contributed by atoms with Gasteiger partial charge in [-0.25, -0.2) is 4.68 Å². The van der Waals surface area contributed by atoms with Crippen LogP contribution in [-0.2, 0) is 0 Å². The average Bonchev–Trinajstić information content (AvgIpc) is 3.48. The van der Waals surface area contributed by atoms with Crippen LogP contribution in [0, 0.1) is 6.92 Å². The molecule has 0 radical (unpaired) electrons. The normalized spacial score (nSPS) is 13.1. The quantitative estimate of drug-likeness (QED) is 0.407. The number of aromatic nitrogens is 2. The topological polar surface area (TPSA) is 99.2 Å². The second-order valence-corrected chi connectivity index (χ2v) is 7.67. The van der Waals surface area contributed by atoms with Crippen molar-refractivity contribution >= 4 is 33.4 Å². The van der Waals surface area contributed by atoms with E-state index < -0.39 is 0 Å². The molecule has 2 aromatic carbocycles. The Labute approximate surface area is 182 Å². The Morgan fingerprint density at radius 1 is 1.23 bits per heavy atom. The van der Waals surface area contributed by atoms with E-state index in [2.05, 4.69) is 26.3 Å². The van der Waals surface area contributed by atoms with Crippen LogP contribution in [0.5, 0.6) is 5.75 Å². The van der Waals surface area contributed by atoms with Crippen LogP contribution in [0.2, 0.25) is 0 Å². The largest absolute Gasteiger partial charge is 0.482 e. The number of rotatable bonds is 7. The van der Waals surface area contributed by atoms with Gasteiger partial charge in [0.15, 0.2) is 5.78 Å². The van der Waals surface area contributed by atoms with Crippen LogP contribution in [0.3, 0.4) is 0 Å². The van der Waals surface area contributed by atoms with Crippen LogP contribution in [0.4, 0.5) is 5.82 Å². The number of amides is 1. The zero-order chi connectivity index (χ0) is 21.3. The Morgan fingerprint density at radius 3 is 2.77 bits per heavy atom. The van der Waals surface area contributed by atoms with Crippen molar-refractivity contribution in [3.63, 3.8) is 0 Å². The summed E-state index contributed by atoms with van der Waals surface area (Å²) < 4.78 is 6.89. The maximum absolute atomic E-state index is 13.0. The van der Waals surface area contributed by atoms with E-state index in [-0.39, 0.29) is 23.6 Å². The van der Waals surface area contributed by atoms with Crippen molar-refractivity contribution in [3.8, 4) is 11.4 Å². The fourth-order valence-corrected chi connectivity index (χ4v) is 3.41. The lowest BCUT2D eigenvalue weighted by molar-refractivity contribution is 0.0950. The van der Waals surface area contributed by atoms with Gasteiger partial charge in [0, 0.05) is 17.2 Å². The molecule has 3 N–H and O–H groups in total. The number of hydrogen-bond donors (Lipinski definition) is 2.